The number of amides is 1. The minimum Gasteiger partial charge on any atom is -0.325 e. The smallest absolute Gasteiger partial charge is 0.249 e. The third kappa shape index (κ3) is 2.69. The molecular weight excluding hydrogens is 270 g/mol. The van der Waals surface area contributed by atoms with E-state index < -0.39 is 0 Å². The zero-order valence-corrected chi connectivity index (χ0v) is 12.9. The third-order valence-electron chi connectivity index (χ3n) is 4.35. The van der Waals surface area contributed by atoms with Gasteiger partial charge >= 0.3 is 0 Å². The van der Waals surface area contributed by atoms with E-state index in [-0.39, 0.29) is 18.0 Å². The van der Waals surface area contributed by atoms with Crippen molar-refractivity contribution in [1.29, 1.82) is 0 Å². The highest BCUT2D eigenvalue weighted by atomic mass is 16.2. The minimum absolute atomic E-state index is 0.0557. The van der Waals surface area contributed by atoms with Crippen molar-refractivity contribution in [1.82, 2.24) is 4.90 Å². The third-order valence-corrected chi connectivity index (χ3v) is 4.35. The molecular formula is C20H21NO. The van der Waals surface area contributed by atoms with Crippen molar-refractivity contribution in [2.75, 3.05) is 0 Å². The monoisotopic (exact) mass is 291 g/mol. The van der Waals surface area contributed by atoms with Crippen molar-refractivity contribution in [3.05, 3.63) is 83.9 Å². The van der Waals surface area contributed by atoms with Gasteiger partial charge in [-0.15, -0.1) is 0 Å². The molecule has 0 aliphatic carbocycles. The fraction of sp³-hybridized carbons (Fsp3) is 0.250. The van der Waals surface area contributed by atoms with Gasteiger partial charge < -0.3 is 4.90 Å². The Morgan fingerprint density at radius 3 is 1.68 bits per heavy atom. The molecule has 1 aliphatic heterocycles. The van der Waals surface area contributed by atoms with Gasteiger partial charge in [0.15, 0.2) is 0 Å². The molecule has 0 unspecified atom stereocenters. The zero-order valence-electron chi connectivity index (χ0n) is 12.9. The second kappa shape index (κ2) is 6.18. The van der Waals surface area contributed by atoms with Crippen molar-refractivity contribution in [2.45, 2.75) is 31.8 Å². The van der Waals surface area contributed by atoms with Crippen molar-refractivity contribution < 1.29 is 4.79 Å². The predicted molar refractivity (Wildman–Crippen MR) is 89.3 cm³/mol. The van der Waals surface area contributed by atoms with Crippen molar-refractivity contribution in [3.8, 4) is 0 Å². The summed E-state index contributed by atoms with van der Waals surface area (Å²) in [5, 5.41) is 0. The summed E-state index contributed by atoms with van der Waals surface area (Å²) in [4.78, 5) is 14.8. The standard InChI is InChI=1S/C20H21NO/c1-15(2)20(22)21-18(16-9-5-3-6-10-16)13-14-19(21)17-11-7-4-8-12-17/h3-12,18-19H,1,13-14H2,2H3/t18-,19-/m1/s1. The van der Waals surface area contributed by atoms with Gasteiger partial charge in [-0.3, -0.25) is 4.79 Å². The lowest BCUT2D eigenvalue weighted by Crippen LogP contribution is -2.33. The first-order valence-corrected chi connectivity index (χ1v) is 7.76. The topological polar surface area (TPSA) is 20.3 Å². The summed E-state index contributed by atoms with van der Waals surface area (Å²) in [6.07, 6.45) is 1.98. The molecule has 0 radical (unpaired) electrons. The van der Waals surface area contributed by atoms with Crippen LogP contribution in [0.1, 0.15) is 43.0 Å². The second-order valence-electron chi connectivity index (χ2n) is 5.92. The Kier molecular flexibility index (Phi) is 4.10. The number of carbonyl (C=O) groups is 1. The molecule has 2 aromatic rings. The van der Waals surface area contributed by atoms with Gasteiger partial charge in [-0.2, -0.15) is 0 Å². The molecule has 1 fully saturated rings. The normalized spacial score (nSPS) is 20.9. The molecule has 2 nitrogen and oxygen atoms in total. The maximum atomic E-state index is 12.7. The second-order valence-corrected chi connectivity index (χ2v) is 5.92. The van der Waals surface area contributed by atoms with Crippen LogP contribution >= 0.6 is 0 Å². The number of nitrogens with zero attached hydrogens (tertiary/aromatic N) is 1. The molecule has 22 heavy (non-hydrogen) atoms. The van der Waals surface area contributed by atoms with Crippen molar-refractivity contribution in [2.24, 2.45) is 0 Å². The van der Waals surface area contributed by atoms with Gasteiger partial charge in [-0.05, 0) is 30.9 Å². The average Bonchev–Trinajstić information content (AvgIpc) is 3.00. The summed E-state index contributed by atoms with van der Waals surface area (Å²) in [6, 6.07) is 20.9. The maximum Gasteiger partial charge on any atom is 0.249 e. The molecule has 2 aromatic carbocycles. The molecule has 0 spiro atoms. The van der Waals surface area contributed by atoms with Crippen LogP contribution in [0.4, 0.5) is 0 Å². The van der Waals surface area contributed by atoms with Gasteiger partial charge in [0.25, 0.3) is 0 Å². The molecule has 1 saturated heterocycles. The first kappa shape index (κ1) is 14.6. The largest absolute Gasteiger partial charge is 0.325 e. The summed E-state index contributed by atoms with van der Waals surface area (Å²) >= 11 is 0. The molecule has 0 N–H and O–H groups in total. The van der Waals surface area contributed by atoms with E-state index in [1.165, 1.54) is 11.1 Å². The number of likely N-dealkylation sites (tertiary alicyclic amines) is 1. The number of hydrogen-bond acceptors (Lipinski definition) is 1. The van der Waals surface area contributed by atoms with E-state index in [1.807, 2.05) is 41.3 Å². The predicted octanol–water partition coefficient (Wildman–Crippen LogP) is 4.67. The summed E-state index contributed by atoms with van der Waals surface area (Å²) in [5.74, 6) is 0.0557. The summed E-state index contributed by atoms with van der Waals surface area (Å²) < 4.78 is 0. The van der Waals surface area contributed by atoms with E-state index in [2.05, 4.69) is 30.8 Å². The SMILES string of the molecule is C=C(C)C(=O)N1[C@@H](c2ccccc2)CC[C@@H]1c1ccccc1. The number of benzene rings is 2. The Morgan fingerprint density at radius 1 is 0.909 bits per heavy atom. The number of rotatable bonds is 3. The highest BCUT2D eigenvalue weighted by molar-refractivity contribution is 5.93. The molecule has 112 valence electrons. The van der Waals surface area contributed by atoms with E-state index in [0.717, 1.165) is 12.8 Å². The number of carbonyl (C=O) groups excluding carboxylic acids is 1. The summed E-state index contributed by atoms with van der Waals surface area (Å²) in [7, 11) is 0. The van der Waals surface area contributed by atoms with Crippen LogP contribution in [0.25, 0.3) is 0 Å². The van der Waals surface area contributed by atoms with Crippen LogP contribution in [0.3, 0.4) is 0 Å². The van der Waals surface area contributed by atoms with Crippen LogP contribution in [0, 0.1) is 0 Å². The average molecular weight is 291 g/mol. The lowest BCUT2D eigenvalue weighted by molar-refractivity contribution is -0.130. The Balaban J connectivity index is 1.99. The van der Waals surface area contributed by atoms with Gasteiger partial charge in [-0.25, -0.2) is 0 Å². The molecule has 2 heteroatoms. The van der Waals surface area contributed by atoms with E-state index >= 15 is 0 Å². The van der Waals surface area contributed by atoms with Crippen LogP contribution < -0.4 is 0 Å². The van der Waals surface area contributed by atoms with Gasteiger partial charge in [0, 0.05) is 5.57 Å². The Labute approximate surface area is 132 Å². The van der Waals surface area contributed by atoms with E-state index in [9.17, 15) is 4.79 Å². The first-order valence-electron chi connectivity index (χ1n) is 7.76. The number of hydrogen-bond donors (Lipinski definition) is 0. The molecule has 2 atom stereocenters. The lowest BCUT2D eigenvalue weighted by Gasteiger charge is -2.31. The highest BCUT2D eigenvalue weighted by Gasteiger charge is 2.38. The quantitative estimate of drug-likeness (QED) is 0.753. The Bertz CT molecular complexity index is 615. The fourth-order valence-corrected chi connectivity index (χ4v) is 3.32. The van der Waals surface area contributed by atoms with Crippen molar-refractivity contribution in [3.63, 3.8) is 0 Å². The molecule has 0 aromatic heterocycles. The van der Waals surface area contributed by atoms with E-state index in [0.29, 0.717) is 5.57 Å². The Hall–Kier alpha value is -2.35. The molecule has 1 amide bonds. The van der Waals surface area contributed by atoms with E-state index in [4.69, 9.17) is 0 Å². The Morgan fingerprint density at radius 2 is 1.32 bits per heavy atom. The van der Waals surface area contributed by atoms with Crippen molar-refractivity contribution >= 4 is 5.91 Å². The van der Waals surface area contributed by atoms with Gasteiger partial charge in [0.05, 0.1) is 12.1 Å². The molecule has 3 rings (SSSR count). The molecule has 1 heterocycles. The summed E-state index contributed by atoms with van der Waals surface area (Å²) in [5.41, 5.74) is 3.01. The fourth-order valence-electron chi connectivity index (χ4n) is 3.32. The lowest BCUT2D eigenvalue weighted by atomic mass is 10.0. The van der Waals surface area contributed by atoms with Crippen LogP contribution in [0.2, 0.25) is 0 Å². The van der Waals surface area contributed by atoms with Gasteiger partial charge in [0.1, 0.15) is 0 Å². The molecule has 1 aliphatic rings. The molecule has 0 saturated carbocycles. The summed E-state index contributed by atoms with van der Waals surface area (Å²) in [6.45, 7) is 5.66. The van der Waals surface area contributed by atoms with E-state index in [1.54, 1.807) is 6.92 Å². The van der Waals surface area contributed by atoms with Crippen LogP contribution in [0.15, 0.2) is 72.8 Å². The first-order chi connectivity index (χ1) is 10.7. The highest BCUT2D eigenvalue weighted by Crippen LogP contribution is 2.44. The van der Waals surface area contributed by atoms with Crippen LogP contribution in [-0.4, -0.2) is 10.8 Å². The minimum atomic E-state index is 0.0557. The van der Waals surface area contributed by atoms with Gasteiger partial charge in [-0.1, -0.05) is 67.2 Å². The zero-order chi connectivity index (χ0) is 15.5. The van der Waals surface area contributed by atoms with Crippen LogP contribution in [-0.2, 0) is 4.79 Å². The maximum absolute atomic E-state index is 12.7. The van der Waals surface area contributed by atoms with Gasteiger partial charge in [0.2, 0.25) is 5.91 Å². The molecule has 0 bridgehead atoms. The van der Waals surface area contributed by atoms with Crippen LogP contribution in [0.5, 0.6) is 0 Å².